The van der Waals surface area contributed by atoms with Crippen molar-refractivity contribution in [3.05, 3.63) is 99.8 Å². The first kappa shape index (κ1) is 23.9. The molecule has 7 nitrogen and oxygen atoms in total. The van der Waals surface area contributed by atoms with Gasteiger partial charge in [-0.2, -0.15) is 0 Å². The summed E-state index contributed by atoms with van der Waals surface area (Å²) >= 11 is 0. The molecular weight excluding hydrogens is 442 g/mol. The van der Waals surface area contributed by atoms with Gasteiger partial charge in [0.2, 0.25) is 5.91 Å². The Balaban J connectivity index is 1.58. The van der Waals surface area contributed by atoms with Crippen molar-refractivity contribution in [2.24, 2.45) is 0 Å². The maximum atomic E-state index is 13.4. The molecule has 0 unspecified atom stereocenters. The van der Waals surface area contributed by atoms with Gasteiger partial charge in [0.25, 0.3) is 5.56 Å². The number of hydrogen-bond acceptors (Lipinski definition) is 5. The Kier molecular flexibility index (Phi) is 7.35. The van der Waals surface area contributed by atoms with Crippen LogP contribution in [0.5, 0.6) is 11.5 Å². The summed E-state index contributed by atoms with van der Waals surface area (Å²) in [4.78, 5) is 26.3. The molecule has 4 rings (SSSR count). The van der Waals surface area contributed by atoms with Gasteiger partial charge in [0.1, 0.15) is 18.0 Å². The van der Waals surface area contributed by atoms with Gasteiger partial charge in [-0.05, 0) is 60.3 Å². The van der Waals surface area contributed by atoms with Gasteiger partial charge in [0, 0.05) is 30.4 Å². The fourth-order valence-electron chi connectivity index (χ4n) is 3.83. The molecule has 0 saturated heterocycles. The Morgan fingerprint density at radius 3 is 2.23 bits per heavy atom. The van der Waals surface area contributed by atoms with Crippen LogP contribution in [0.25, 0.3) is 10.9 Å². The van der Waals surface area contributed by atoms with E-state index in [-0.39, 0.29) is 18.0 Å². The largest absolute Gasteiger partial charge is 0.497 e. The zero-order valence-electron chi connectivity index (χ0n) is 20.1. The summed E-state index contributed by atoms with van der Waals surface area (Å²) in [5.74, 6) is 1.12. The van der Waals surface area contributed by atoms with Crippen molar-refractivity contribution in [3.8, 4) is 11.5 Å². The molecule has 0 atom stereocenters. The number of anilines is 1. The zero-order chi connectivity index (χ0) is 24.8. The van der Waals surface area contributed by atoms with E-state index in [1.54, 1.807) is 20.3 Å². The lowest BCUT2D eigenvalue weighted by Gasteiger charge is -2.15. The van der Waals surface area contributed by atoms with Gasteiger partial charge in [-0.3, -0.25) is 14.2 Å². The first-order chi connectivity index (χ1) is 17.0. The van der Waals surface area contributed by atoms with Crippen LogP contribution < -0.4 is 25.7 Å². The molecule has 4 aromatic rings. The van der Waals surface area contributed by atoms with Crippen LogP contribution >= 0.6 is 0 Å². The number of pyridine rings is 1. The molecule has 0 fully saturated rings. The molecule has 180 valence electrons. The van der Waals surface area contributed by atoms with Crippen molar-refractivity contribution in [1.29, 1.82) is 0 Å². The summed E-state index contributed by atoms with van der Waals surface area (Å²) in [7, 11) is 3.18. The third-order valence-electron chi connectivity index (χ3n) is 5.86. The minimum atomic E-state index is -0.254. The Bertz CT molecular complexity index is 1380. The highest BCUT2D eigenvalue weighted by Gasteiger charge is 2.14. The second-order valence-electron chi connectivity index (χ2n) is 8.33. The molecule has 0 radical (unpaired) electrons. The number of aromatic nitrogens is 1. The SMILES string of the molecule is COc1ccc(CNC(=O)Cn2c(=O)c(CNc3ccc(C)cc3)cc3ccc(OC)cc32)cc1. The molecule has 0 saturated carbocycles. The smallest absolute Gasteiger partial charge is 0.256 e. The van der Waals surface area contributed by atoms with E-state index in [9.17, 15) is 9.59 Å². The molecule has 1 amide bonds. The van der Waals surface area contributed by atoms with Crippen LogP contribution in [-0.4, -0.2) is 24.7 Å². The summed E-state index contributed by atoms with van der Waals surface area (Å²) in [6.07, 6.45) is 0. The first-order valence-electron chi connectivity index (χ1n) is 11.4. The highest BCUT2D eigenvalue weighted by atomic mass is 16.5. The molecule has 0 bridgehead atoms. The summed E-state index contributed by atoms with van der Waals surface area (Å²) in [6, 6.07) is 22.8. The molecule has 0 aliphatic carbocycles. The fraction of sp³-hybridized carbons (Fsp3) is 0.214. The van der Waals surface area contributed by atoms with Gasteiger partial charge in [0.05, 0.1) is 19.7 Å². The average molecular weight is 472 g/mol. The molecule has 3 aromatic carbocycles. The normalized spacial score (nSPS) is 10.7. The third-order valence-corrected chi connectivity index (χ3v) is 5.86. The van der Waals surface area contributed by atoms with E-state index < -0.39 is 0 Å². The Morgan fingerprint density at radius 2 is 1.54 bits per heavy atom. The number of fused-ring (bicyclic) bond motifs is 1. The molecule has 7 heteroatoms. The number of rotatable bonds is 9. The number of ether oxygens (including phenoxy) is 2. The number of amides is 1. The summed E-state index contributed by atoms with van der Waals surface area (Å²) in [6.45, 7) is 2.63. The Morgan fingerprint density at radius 1 is 0.857 bits per heavy atom. The van der Waals surface area contributed by atoms with Crippen molar-refractivity contribution in [2.75, 3.05) is 19.5 Å². The van der Waals surface area contributed by atoms with Crippen LogP contribution in [0.4, 0.5) is 5.69 Å². The van der Waals surface area contributed by atoms with Crippen molar-refractivity contribution in [3.63, 3.8) is 0 Å². The maximum Gasteiger partial charge on any atom is 0.256 e. The average Bonchev–Trinajstić information content (AvgIpc) is 2.89. The number of carbonyl (C=O) groups excluding carboxylic acids is 1. The third kappa shape index (κ3) is 5.81. The van der Waals surface area contributed by atoms with E-state index in [2.05, 4.69) is 10.6 Å². The van der Waals surface area contributed by atoms with E-state index in [0.717, 1.165) is 22.4 Å². The summed E-state index contributed by atoms with van der Waals surface area (Å²) < 4.78 is 12.0. The van der Waals surface area contributed by atoms with E-state index >= 15 is 0 Å². The number of methoxy groups -OCH3 is 2. The maximum absolute atomic E-state index is 13.4. The van der Waals surface area contributed by atoms with Crippen LogP contribution in [0, 0.1) is 6.92 Å². The van der Waals surface area contributed by atoms with Crippen molar-refractivity contribution >= 4 is 22.5 Å². The number of carbonyl (C=O) groups is 1. The lowest BCUT2D eigenvalue weighted by molar-refractivity contribution is -0.121. The second kappa shape index (κ2) is 10.8. The first-order valence-corrected chi connectivity index (χ1v) is 11.4. The predicted molar refractivity (Wildman–Crippen MR) is 138 cm³/mol. The van der Waals surface area contributed by atoms with Crippen LogP contribution in [0.15, 0.2) is 77.6 Å². The van der Waals surface area contributed by atoms with Gasteiger partial charge >= 0.3 is 0 Å². The van der Waals surface area contributed by atoms with Gasteiger partial charge in [-0.15, -0.1) is 0 Å². The van der Waals surface area contributed by atoms with E-state index in [1.807, 2.05) is 73.7 Å². The molecule has 0 aliphatic heterocycles. The molecule has 35 heavy (non-hydrogen) atoms. The monoisotopic (exact) mass is 471 g/mol. The number of hydrogen-bond donors (Lipinski definition) is 2. The van der Waals surface area contributed by atoms with Gasteiger partial charge in [-0.1, -0.05) is 29.8 Å². The van der Waals surface area contributed by atoms with Crippen LogP contribution in [0.2, 0.25) is 0 Å². The molecule has 1 aromatic heterocycles. The lowest BCUT2D eigenvalue weighted by Crippen LogP contribution is -2.33. The van der Waals surface area contributed by atoms with Gasteiger partial charge < -0.3 is 20.1 Å². The molecule has 2 N–H and O–H groups in total. The number of nitrogens with one attached hydrogen (secondary N) is 2. The zero-order valence-corrected chi connectivity index (χ0v) is 20.1. The fourth-order valence-corrected chi connectivity index (χ4v) is 3.83. The molecule has 1 heterocycles. The number of aryl methyl sites for hydroxylation is 1. The Labute approximate surface area is 204 Å². The topological polar surface area (TPSA) is 81.6 Å². The van der Waals surface area contributed by atoms with Gasteiger partial charge in [-0.25, -0.2) is 0 Å². The van der Waals surface area contributed by atoms with E-state index in [4.69, 9.17) is 9.47 Å². The van der Waals surface area contributed by atoms with Gasteiger partial charge in [0.15, 0.2) is 0 Å². The van der Waals surface area contributed by atoms with Crippen LogP contribution in [0.1, 0.15) is 16.7 Å². The highest BCUT2D eigenvalue weighted by Crippen LogP contribution is 2.21. The minimum absolute atomic E-state index is 0.100. The number of nitrogens with zero attached hydrogens (tertiary/aromatic N) is 1. The van der Waals surface area contributed by atoms with Crippen molar-refractivity contribution in [1.82, 2.24) is 9.88 Å². The predicted octanol–water partition coefficient (Wildman–Crippen LogP) is 4.26. The van der Waals surface area contributed by atoms with Crippen LogP contribution in [0.3, 0.4) is 0 Å². The second-order valence-corrected chi connectivity index (χ2v) is 8.33. The quantitative estimate of drug-likeness (QED) is 0.381. The lowest BCUT2D eigenvalue weighted by atomic mass is 10.1. The Hall–Kier alpha value is -4.26. The van der Waals surface area contributed by atoms with Crippen LogP contribution in [-0.2, 0) is 24.4 Å². The number of benzene rings is 3. The molecule has 0 spiro atoms. The summed E-state index contributed by atoms with van der Waals surface area (Å²) in [5.41, 5.74) is 4.03. The minimum Gasteiger partial charge on any atom is -0.497 e. The summed E-state index contributed by atoms with van der Waals surface area (Å²) in [5, 5.41) is 7.06. The van der Waals surface area contributed by atoms with E-state index in [1.165, 1.54) is 10.1 Å². The van der Waals surface area contributed by atoms with E-state index in [0.29, 0.717) is 29.9 Å². The van der Waals surface area contributed by atoms with Crippen molar-refractivity contribution < 1.29 is 14.3 Å². The highest BCUT2D eigenvalue weighted by molar-refractivity contribution is 5.84. The molecular formula is C28H29N3O4. The molecule has 0 aliphatic rings. The van der Waals surface area contributed by atoms with Crippen molar-refractivity contribution in [2.45, 2.75) is 26.6 Å². The standard InChI is InChI=1S/C28H29N3O4/c1-19-4-9-23(10-5-19)29-17-22-14-21-8-13-25(35-3)15-26(21)31(28(22)33)18-27(32)30-16-20-6-11-24(34-2)12-7-20/h4-15,29H,16-18H2,1-3H3,(H,30,32).